The maximum Gasteiger partial charge on any atom is 0.254 e. The zero-order chi connectivity index (χ0) is 20.7. The Kier molecular flexibility index (Phi) is 5.51. The molecule has 2 aliphatic carbocycles. The highest BCUT2D eigenvalue weighted by Crippen LogP contribution is 2.52. The van der Waals surface area contributed by atoms with Crippen molar-refractivity contribution in [2.24, 2.45) is 28.8 Å². The number of halogens is 1. The van der Waals surface area contributed by atoms with Crippen molar-refractivity contribution in [2.45, 2.75) is 39.7 Å². The predicted octanol–water partition coefficient (Wildman–Crippen LogP) is 4.17. The zero-order valence-corrected chi connectivity index (χ0v) is 18.4. The fourth-order valence-corrected chi connectivity index (χ4v) is 5.00. The third-order valence-corrected chi connectivity index (χ3v) is 6.58. The SMILES string of the molecule is CCOc1cc(C=NN2C(=O)[C@@H]3[C@H](C2=O)[C@H]2C=C[C@H]3C2)cc(Br)c1O[C@@H](C)CC. The molecule has 3 aliphatic rings. The second kappa shape index (κ2) is 7.94. The number of carbonyl (C=O) groups excluding carboxylic acids is 2. The van der Waals surface area contributed by atoms with Gasteiger partial charge in [0, 0.05) is 0 Å². The van der Waals surface area contributed by atoms with Crippen molar-refractivity contribution >= 4 is 34.0 Å². The van der Waals surface area contributed by atoms with Crippen LogP contribution in [0.5, 0.6) is 11.5 Å². The van der Waals surface area contributed by atoms with Crippen molar-refractivity contribution in [1.29, 1.82) is 0 Å². The Labute approximate surface area is 179 Å². The molecule has 5 atom stereocenters. The maximum absolute atomic E-state index is 12.8. The average Bonchev–Trinajstić information content (AvgIpc) is 3.37. The van der Waals surface area contributed by atoms with Gasteiger partial charge in [0.25, 0.3) is 11.8 Å². The maximum atomic E-state index is 12.8. The first-order valence-electron chi connectivity index (χ1n) is 10.2. The van der Waals surface area contributed by atoms with Crippen LogP contribution in [-0.2, 0) is 9.59 Å². The van der Waals surface area contributed by atoms with Crippen LogP contribution in [-0.4, -0.2) is 35.7 Å². The summed E-state index contributed by atoms with van der Waals surface area (Å²) in [5, 5.41) is 5.30. The number of benzene rings is 1. The number of ether oxygens (including phenoxy) is 2. The van der Waals surface area contributed by atoms with Crippen LogP contribution >= 0.6 is 15.9 Å². The van der Waals surface area contributed by atoms with E-state index in [1.807, 2.05) is 26.0 Å². The molecule has 0 unspecified atom stereocenters. The van der Waals surface area contributed by atoms with E-state index in [0.717, 1.165) is 27.9 Å². The first kappa shape index (κ1) is 20.1. The molecule has 2 amide bonds. The number of hydrazone groups is 1. The van der Waals surface area contributed by atoms with Gasteiger partial charge in [0.05, 0.1) is 35.2 Å². The molecule has 2 bridgehead atoms. The highest BCUT2D eigenvalue weighted by molar-refractivity contribution is 9.10. The predicted molar refractivity (Wildman–Crippen MR) is 113 cm³/mol. The van der Waals surface area contributed by atoms with Crippen molar-refractivity contribution in [3.8, 4) is 11.5 Å². The third-order valence-electron chi connectivity index (χ3n) is 6.00. The Hall–Kier alpha value is -2.15. The number of amides is 2. The van der Waals surface area contributed by atoms with Crippen molar-refractivity contribution in [1.82, 2.24) is 5.01 Å². The smallest absolute Gasteiger partial charge is 0.254 e. The summed E-state index contributed by atoms with van der Waals surface area (Å²) >= 11 is 3.54. The number of fused-ring (bicyclic) bond motifs is 5. The van der Waals surface area contributed by atoms with Gasteiger partial charge in [-0.05, 0) is 72.2 Å². The van der Waals surface area contributed by atoms with Gasteiger partial charge in [-0.2, -0.15) is 10.1 Å². The van der Waals surface area contributed by atoms with Crippen LogP contribution in [0.4, 0.5) is 0 Å². The number of hydrogen-bond acceptors (Lipinski definition) is 5. The molecule has 1 heterocycles. The van der Waals surface area contributed by atoms with Crippen molar-refractivity contribution in [2.75, 3.05) is 6.61 Å². The molecule has 4 rings (SSSR count). The molecule has 0 spiro atoms. The minimum Gasteiger partial charge on any atom is -0.490 e. The molecule has 1 aromatic rings. The Bertz CT molecular complexity index is 867. The lowest BCUT2D eigenvalue weighted by atomic mass is 9.85. The quantitative estimate of drug-likeness (QED) is 0.347. The fourth-order valence-electron chi connectivity index (χ4n) is 4.45. The molecule has 0 aromatic heterocycles. The average molecular weight is 461 g/mol. The zero-order valence-electron chi connectivity index (χ0n) is 16.8. The van der Waals surface area contributed by atoms with Crippen LogP contribution in [0.25, 0.3) is 0 Å². The van der Waals surface area contributed by atoms with Crippen LogP contribution in [0.15, 0.2) is 33.9 Å². The molecule has 2 fully saturated rings. The highest BCUT2D eigenvalue weighted by Gasteiger charge is 2.59. The van der Waals surface area contributed by atoms with Crippen molar-refractivity contribution in [3.05, 3.63) is 34.3 Å². The van der Waals surface area contributed by atoms with Crippen LogP contribution in [0, 0.1) is 23.7 Å². The molecule has 29 heavy (non-hydrogen) atoms. The minimum atomic E-state index is -0.244. The van der Waals surface area contributed by atoms with E-state index < -0.39 is 0 Å². The van der Waals surface area contributed by atoms with Gasteiger partial charge in [-0.25, -0.2) is 0 Å². The lowest BCUT2D eigenvalue weighted by Crippen LogP contribution is -2.28. The number of imide groups is 1. The van der Waals surface area contributed by atoms with Crippen LogP contribution in [0.3, 0.4) is 0 Å². The molecule has 0 radical (unpaired) electrons. The van der Waals surface area contributed by atoms with E-state index in [4.69, 9.17) is 9.47 Å². The number of rotatable bonds is 7. The van der Waals surface area contributed by atoms with Gasteiger partial charge in [-0.3, -0.25) is 9.59 Å². The summed E-state index contributed by atoms with van der Waals surface area (Å²) in [4.78, 5) is 25.5. The molecule has 1 saturated heterocycles. The number of nitrogens with zero attached hydrogens (tertiary/aromatic N) is 2. The molecule has 154 valence electrons. The number of carbonyl (C=O) groups is 2. The summed E-state index contributed by atoms with van der Waals surface area (Å²) < 4.78 is 12.5. The third kappa shape index (κ3) is 3.50. The Morgan fingerprint density at radius 2 is 1.86 bits per heavy atom. The lowest BCUT2D eigenvalue weighted by molar-refractivity contribution is -0.140. The number of hydrogen-bond donors (Lipinski definition) is 0. The summed E-state index contributed by atoms with van der Waals surface area (Å²) in [7, 11) is 0. The van der Waals surface area contributed by atoms with Gasteiger partial charge in [0.15, 0.2) is 11.5 Å². The van der Waals surface area contributed by atoms with E-state index in [9.17, 15) is 9.59 Å². The summed E-state index contributed by atoms with van der Waals surface area (Å²) in [6.45, 7) is 6.46. The first-order valence-corrected chi connectivity index (χ1v) is 11.0. The van der Waals surface area contributed by atoms with E-state index in [2.05, 4.69) is 40.1 Å². The van der Waals surface area contributed by atoms with E-state index in [-0.39, 0.29) is 41.6 Å². The van der Waals surface area contributed by atoms with Crippen LogP contribution in [0.1, 0.15) is 39.2 Å². The molecule has 1 aliphatic heterocycles. The van der Waals surface area contributed by atoms with Gasteiger partial charge < -0.3 is 9.47 Å². The fraction of sp³-hybridized carbons (Fsp3) is 0.500. The van der Waals surface area contributed by atoms with Crippen molar-refractivity contribution in [3.63, 3.8) is 0 Å². The van der Waals surface area contributed by atoms with Crippen LogP contribution in [0.2, 0.25) is 0 Å². The molecule has 1 aromatic carbocycles. The second-order valence-electron chi connectivity index (χ2n) is 7.83. The minimum absolute atomic E-state index is 0.0493. The monoisotopic (exact) mass is 460 g/mol. The van der Waals surface area contributed by atoms with Gasteiger partial charge in [-0.1, -0.05) is 19.1 Å². The summed E-state index contributed by atoms with van der Waals surface area (Å²) in [5.41, 5.74) is 0.718. The van der Waals surface area contributed by atoms with Crippen molar-refractivity contribution < 1.29 is 19.1 Å². The Morgan fingerprint density at radius 1 is 1.21 bits per heavy atom. The van der Waals surface area contributed by atoms with E-state index >= 15 is 0 Å². The summed E-state index contributed by atoms with van der Waals surface area (Å²) in [5.74, 6) is 0.738. The molecule has 7 heteroatoms. The summed E-state index contributed by atoms with van der Waals surface area (Å²) in [6, 6.07) is 3.66. The normalized spacial score (nSPS) is 28.5. The van der Waals surface area contributed by atoms with Gasteiger partial charge in [-0.15, -0.1) is 0 Å². The first-order chi connectivity index (χ1) is 13.9. The second-order valence-corrected chi connectivity index (χ2v) is 8.69. The lowest BCUT2D eigenvalue weighted by Gasteiger charge is -2.18. The largest absolute Gasteiger partial charge is 0.490 e. The Balaban J connectivity index is 1.57. The van der Waals surface area contributed by atoms with E-state index in [1.54, 1.807) is 0 Å². The number of allylic oxidation sites excluding steroid dienone is 2. The molecule has 1 saturated carbocycles. The molecule has 6 nitrogen and oxygen atoms in total. The van der Waals surface area contributed by atoms with E-state index in [1.165, 1.54) is 6.21 Å². The van der Waals surface area contributed by atoms with Crippen LogP contribution < -0.4 is 9.47 Å². The summed E-state index contributed by atoms with van der Waals surface area (Å²) in [6.07, 6.45) is 7.52. The topological polar surface area (TPSA) is 68.2 Å². The standard InChI is InChI=1S/C22H25BrN2O4/c1-4-12(3)29-20-16(23)8-13(9-17(20)28-5-2)11-24-25-21(26)18-14-6-7-15(10-14)19(18)22(25)27/h6-9,11-12,14-15,18-19H,4-5,10H2,1-3H3/t12-,14-,15-,18-,19+/m0/s1. The molecular weight excluding hydrogens is 436 g/mol. The van der Waals surface area contributed by atoms with Gasteiger partial charge in [0.1, 0.15) is 0 Å². The highest BCUT2D eigenvalue weighted by atomic mass is 79.9. The molecular formula is C22H25BrN2O4. The van der Waals surface area contributed by atoms with Gasteiger partial charge in [0.2, 0.25) is 0 Å². The van der Waals surface area contributed by atoms with E-state index in [0.29, 0.717) is 18.1 Å². The van der Waals surface area contributed by atoms with Gasteiger partial charge >= 0.3 is 0 Å². The Morgan fingerprint density at radius 3 is 2.45 bits per heavy atom. The molecule has 0 N–H and O–H groups in total.